The number of hydrogen-bond donors (Lipinski definition) is 1. The molecule has 0 bridgehead atoms. The molecule has 112 valence electrons. The first-order valence-electron chi connectivity index (χ1n) is 7.77. The van der Waals surface area contributed by atoms with Gasteiger partial charge in [-0.05, 0) is 55.2 Å². The molecule has 0 aliphatic heterocycles. The number of methoxy groups -OCH3 is 1. The number of hydrogen-bond acceptors (Lipinski definition) is 2. The largest absolute Gasteiger partial charge is 0.497 e. The topological polar surface area (TPSA) is 29.5 Å². The van der Waals surface area contributed by atoms with Crippen molar-refractivity contribution in [2.75, 3.05) is 7.11 Å². The molecule has 4 unspecified atom stereocenters. The molecule has 0 saturated heterocycles. The van der Waals surface area contributed by atoms with E-state index in [1.165, 1.54) is 12.0 Å². The van der Waals surface area contributed by atoms with Crippen LogP contribution in [-0.2, 0) is 6.42 Å². The molecule has 0 heterocycles. The van der Waals surface area contributed by atoms with Gasteiger partial charge < -0.3 is 9.84 Å². The van der Waals surface area contributed by atoms with E-state index in [4.69, 9.17) is 4.74 Å². The van der Waals surface area contributed by atoms with Crippen molar-refractivity contribution in [1.29, 1.82) is 0 Å². The van der Waals surface area contributed by atoms with Crippen molar-refractivity contribution in [2.24, 2.45) is 17.8 Å². The molecule has 1 N–H and O–H groups in total. The van der Waals surface area contributed by atoms with Gasteiger partial charge in [0.1, 0.15) is 5.75 Å². The van der Waals surface area contributed by atoms with Crippen LogP contribution >= 0.6 is 0 Å². The van der Waals surface area contributed by atoms with Gasteiger partial charge in [-0.25, -0.2) is 0 Å². The lowest BCUT2D eigenvalue weighted by Gasteiger charge is -2.40. The predicted molar refractivity (Wildman–Crippen MR) is 83.0 cm³/mol. The minimum absolute atomic E-state index is 0.413. The number of aliphatic hydroxyl groups is 1. The number of ether oxygens (including phenoxy) is 1. The van der Waals surface area contributed by atoms with Crippen molar-refractivity contribution in [3.63, 3.8) is 0 Å². The molecule has 4 atom stereocenters. The second-order valence-electron chi connectivity index (χ2n) is 6.85. The van der Waals surface area contributed by atoms with Crippen molar-refractivity contribution in [3.8, 4) is 5.75 Å². The van der Waals surface area contributed by atoms with Crippen LogP contribution in [0.2, 0.25) is 0 Å². The number of benzene rings is 1. The fourth-order valence-corrected chi connectivity index (χ4v) is 3.41. The Morgan fingerprint density at radius 1 is 1.15 bits per heavy atom. The average molecular weight is 276 g/mol. The maximum absolute atomic E-state index is 10.9. The molecule has 1 aromatic carbocycles. The third-order valence-electron chi connectivity index (χ3n) is 5.20. The molecule has 0 radical (unpaired) electrons. The Morgan fingerprint density at radius 2 is 1.80 bits per heavy atom. The van der Waals surface area contributed by atoms with E-state index in [2.05, 4.69) is 26.0 Å². The van der Waals surface area contributed by atoms with Crippen molar-refractivity contribution < 1.29 is 9.84 Å². The van der Waals surface area contributed by atoms with Gasteiger partial charge in [0.2, 0.25) is 0 Å². The Hall–Kier alpha value is -1.02. The van der Waals surface area contributed by atoms with E-state index < -0.39 is 5.60 Å². The van der Waals surface area contributed by atoms with Crippen LogP contribution in [0.25, 0.3) is 0 Å². The van der Waals surface area contributed by atoms with Gasteiger partial charge in [0.25, 0.3) is 0 Å². The summed E-state index contributed by atoms with van der Waals surface area (Å²) >= 11 is 0. The molecular formula is C18H28O2. The van der Waals surface area contributed by atoms with Crippen LogP contribution in [0.5, 0.6) is 5.75 Å². The fourth-order valence-electron chi connectivity index (χ4n) is 3.41. The van der Waals surface area contributed by atoms with Gasteiger partial charge in [0, 0.05) is 6.42 Å². The van der Waals surface area contributed by atoms with E-state index >= 15 is 0 Å². The summed E-state index contributed by atoms with van der Waals surface area (Å²) in [5.74, 6) is 2.79. The zero-order valence-corrected chi connectivity index (χ0v) is 13.2. The van der Waals surface area contributed by atoms with Crippen LogP contribution < -0.4 is 4.74 Å². The molecular weight excluding hydrogens is 248 g/mol. The van der Waals surface area contributed by atoms with Crippen LogP contribution in [0.1, 0.15) is 45.6 Å². The van der Waals surface area contributed by atoms with E-state index in [1.54, 1.807) is 7.11 Å². The molecule has 0 amide bonds. The summed E-state index contributed by atoms with van der Waals surface area (Å²) in [6.45, 7) is 6.66. The molecule has 0 aromatic heterocycles. The smallest absolute Gasteiger partial charge is 0.118 e. The normalized spacial score (nSPS) is 29.8. The quantitative estimate of drug-likeness (QED) is 0.898. The van der Waals surface area contributed by atoms with Gasteiger partial charge in [-0.15, -0.1) is 0 Å². The molecule has 2 rings (SSSR count). The Balaban J connectivity index is 2.02. The second kappa shape index (κ2) is 6.17. The minimum atomic E-state index is -0.608. The van der Waals surface area contributed by atoms with Crippen LogP contribution in [0.3, 0.4) is 0 Å². The molecule has 1 saturated carbocycles. The van der Waals surface area contributed by atoms with Gasteiger partial charge in [0.05, 0.1) is 12.7 Å². The van der Waals surface area contributed by atoms with E-state index in [1.807, 2.05) is 19.1 Å². The van der Waals surface area contributed by atoms with Crippen molar-refractivity contribution in [2.45, 2.75) is 52.1 Å². The maximum Gasteiger partial charge on any atom is 0.118 e. The predicted octanol–water partition coefficient (Wildman–Crippen LogP) is 4.06. The third kappa shape index (κ3) is 3.54. The summed E-state index contributed by atoms with van der Waals surface area (Å²) in [7, 11) is 1.68. The van der Waals surface area contributed by atoms with Gasteiger partial charge >= 0.3 is 0 Å². The first-order valence-corrected chi connectivity index (χ1v) is 7.77. The van der Waals surface area contributed by atoms with Gasteiger partial charge in [0.15, 0.2) is 0 Å². The molecule has 2 heteroatoms. The summed E-state index contributed by atoms with van der Waals surface area (Å²) in [4.78, 5) is 0. The molecule has 1 fully saturated rings. The van der Waals surface area contributed by atoms with E-state index in [9.17, 15) is 5.11 Å². The first-order chi connectivity index (χ1) is 9.42. The van der Waals surface area contributed by atoms with Gasteiger partial charge in [-0.1, -0.05) is 32.4 Å². The molecule has 2 nitrogen and oxygen atoms in total. The zero-order valence-electron chi connectivity index (χ0n) is 13.2. The van der Waals surface area contributed by atoms with Crippen LogP contribution in [0.15, 0.2) is 24.3 Å². The van der Waals surface area contributed by atoms with Crippen LogP contribution in [-0.4, -0.2) is 17.8 Å². The minimum Gasteiger partial charge on any atom is -0.497 e. The summed E-state index contributed by atoms with van der Waals surface area (Å²) in [6, 6.07) is 8.05. The highest BCUT2D eigenvalue weighted by Crippen LogP contribution is 2.40. The average Bonchev–Trinajstić information content (AvgIpc) is 2.42. The molecule has 1 aliphatic carbocycles. The molecule has 0 spiro atoms. The van der Waals surface area contributed by atoms with Gasteiger partial charge in [-0.3, -0.25) is 0 Å². The van der Waals surface area contributed by atoms with Crippen molar-refractivity contribution in [1.82, 2.24) is 0 Å². The van der Waals surface area contributed by atoms with Crippen molar-refractivity contribution >= 4 is 0 Å². The maximum atomic E-state index is 10.9. The highest BCUT2D eigenvalue weighted by Gasteiger charge is 2.36. The molecule has 1 aromatic rings. The third-order valence-corrected chi connectivity index (χ3v) is 5.20. The summed E-state index contributed by atoms with van der Waals surface area (Å²) in [5, 5.41) is 10.9. The lowest BCUT2D eigenvalue weighted by atomic mass is 9.68. The number of rotatable bonds is 4. The summed E-state index contributed by atoms with van der Waals surface area (Å²) < 4.78 is 5.18. The Morgan fingerprint density at radius 3 is 2.35 bits per heavy atom. The van der Waals surface area contributed by atoms with E-state index in [0.29, 0.717) is 5.92 Å². The monoisotopic (exact) mass is 276 g/mol. The Bertz CT molecular complexity index is 422. The van der Waals surface area contributed by atoms with Crippen LogP contribution in [0, 0.1) is 17.8 Å². The van der Waals surface area contributed by atoms with Gasteiger partial charge in [-0.2, -0.15) is 0 Å². The molecule has 1 aliphatic rings. The van der Waals surface area contributed by atoms with Crippen molar-refractivity contribution in [3.05, 3.63) is 29.8 Å². The Kier molecular flexibility index (Phi) is 4.74. The highest BCUT2D eigenvalue weighted by atomic mass is 16.5. The molecule has 20 heavy (non-hydrogen) atoms. The van der Waals surface area contributed by atoms with E-state index in [-0.39, 0.29) is 0 Å². The van der Waals surface area contributed by atoms with E-state index in [0.717, 1.165) is 36.8 Å². The summed E-state index contributed by atoms with van der Waals surface area (Å²) in [5.41, 5.74) is 0.574. The fraction of sp³-hybridized carbons (Fsp3) is 0.667. The SMILES string of the molecule is COc1ccc(CC(C)(O)C2CCC(C)C(C)C2)cc1. The Labute approximate surface area is 123 Å². The lowest BCUT2D eigenvalue weighted by Crippen LogP contribution is -2.40. The second-order valence-corrected chi connectivity index (χ2v) is 6.85. The summed E-state index contributed by atoms with van der Waals surface area (Å²) in [6.07, 6.45) is 4.26. The standard InChI is InChI=1S/C18H28O2/c1-13-5-8-16(11-14(13)2)18(3,19)12-15-6-9-17(20-4)10-7-15/h6-7,9-10,13-14,16,19H,5,8,11-12H2,1-4H3. The highest BCUT2D eigenvalue weighted by molar-refractivity contribution is 5.28. The van der Waals surface area contributed by atoms with Crippen LogP contribution in [0.4, 0.5) is 0 Å². The first kappa shape index (κ1) is 15.4. The lowest BCUT2D eigenvalue weighted by molar-refractivity contribution is -0.0315. The zero-order chi connectivity index (χ0) is 14.8.